The molecule has 1 atom stereocenters. The van der Waals surface area contributed by atoms with Gasteiger partial charge in [0.1, 0.15) is 17.9 Å². The number of ether oxygens (including phenoxy) is 1. The Morgan fingerprint density at radius 2 is 1.81 bits per heavy atom. The molecule has 3 aromatic heterocycles. The van der Waals surface area contributed by atoms with Crippen LogP contribution in [0.25, 0.3) is 22.4 Å². The summed E-state index contributed by atoms with van der Waals surface area (Å²) in [4.78, 5) is 17.6. The highest BCUT2D eigenvalue weighted by Gasteiger charge is 2.26. The second kappa shape index (κ2) is 6.16. The van der Waals surface area contributed by atoms with E-state index in [0.717, 1.165) is 28.2 Å². The van der Waals surface area contributed by atoms with Gasteiger partial charge in [0, 0.05) is 18.0 Å². The standard InChI is InChI=1S/C19H14ClN5O/c20-19-21-8-13(9-22-19)14-6-7-15-18(24-14)25-16(10-26-11-17(25)23-15)12-4-2-1-3-5-12/h1-9,16H,10-11H2. The molecule has 0 radical (unpaired) electrons. The first-order valence-corrected chi connectivity index (χ1v) is 8.66. The van der Waals surface area contributed by atoms with Crippen LogP contribution in [0.3, 0.4) is 0 Å². The van der Waals surface area contributed by atoms with Crippen molar-refractivity contribution in [3.8, 4) is 11.3 Å². The minimum atomic E-state index is 0.0502. The Balaban J connectivity index is 1.68. The summed E-state index contributed by atoms with van der Waals surface area (Å²) in [5.74, 6) is 0.886. The lowest BCUT2D eigenvalue weighted by Gasteiger charge is -2.26. The normalized spacial score (nSPS) is 16.6. The maximum Gasteiger partial charge on any atom is 0.222 e. The van der Waals surface area contributed by atoms with Gasteiger partial charge >= 0.3 is 0 Å². The summed E-state index contributed by atoms with van der Waals surface area (Å²) in [5.41, 5.74) is 4.47. The van der Waals surface area contributed by atoms with Crippen molar-refractivity contribution in [2.75, 3.05) is 6.61 Å². The molecule has 26 heavy (non-hydrogen) atoms. The van der Waals surface area contributed by atoms with Crippen LogP contribution in [0.4, 0.5) is 0 Å². The van der Waals surface area contributed by atoms with E-state index in [1.165, 1.54) is 5.56 Å². The minimum absolute atomic E-state index is 0.0502. The lowest BCUT2D eigenvalue weighted by atomic mass is 10.1. The molecule has 128 valence electrons. The predicted molar refractivity (Wildman–Crippen MR) is 97.8 cm³/mol. The van der Waals surface area contributed by atoms with E-state index >= 15 is 0 Å². The van der Waals surface area contributed by atoms with Gasteiger partial charge in [-0.1, -0.05) is 30.3 Å². The van der Waals surface area contributed by atoms with E-state index in [-0.39, 0.29) is 11.3 Å². The Kier molecular flexibility index (Phi) is 3.65. The highest BCUT2D eigenvalue weighted by Crippen LogP contribution is 2.30. The smallest absolute Gasteiger partial charge is 0.222 e. The predicted octanol–water partition coefficient (Wildman–Crippen LogP) is 3.66. The zero-order chi connectivity index (χ0) is 17.5. The first-order chi connectivity index (χ1) is 12.8. The van der Waals surface area contributed by atoms with Crippen molar-refractivity contribution >= 4 is 22.8 Å². The van der Waals surface area contributed by atoms with Crippen molar-refractivity contribution in [1.29, 1.82) is 0 Å². The average Bonchev–Trinajstić information content (AvgIpc) is 3.07. The van der Waals surface area contributed by atoms with E-state index in [2.05, 4.69) is 26.7 Å². The second-order valence-electron chi connectivity index (χ2n) is 6.12. The molecule has 0 bridgehead atoms. The number of imidazole rings is 1. The van der Waals surface area contributed by atoms with Crippen LogP contribution < -0.4 is 0 Å². The van der Waals surface area contributed by atoms with Crippen molar-refractivity contribution in [2.45, 2.75) is 12.6 Å². The molecule has 0 N–H and O–H groups in total. The summed E-state index contributed by atoms with van der Waals surface area (Å²) in [7, 11) is 0. The monoisotopic (exact) mass is 363 g/mol. The topological polar surface area (TPSA) is 65.7 Å². The Hall–Kier alpha value is -2.83. The molecule has 1 aliphatic heterocycles. The molecular weight excluding hydrogens is 350 g/mol. The molecule has 0 saturated carbocycles. The van der Waals surface area contributed by atoms with Crippen molar-refractivity contribution in [1.82, 2.24) is 24.5 Å². The van der Waals surface area contributed by atoms with Gasteiger partial charge < -0.3 is 9.30 Å². The summed E-state index contributed by atoms with van der Waals surface area (Å²) < 4.78 is 7.95. The summed E-state index contributed by atoms with van der Waals surface area (Å²) in [6.45, 7) is 1.08. The molecule has 1 aromatic carbocycles. The van der Waals surface area contributed by atoms with Gasteiger partial charge in [0.2, 0.25) is 5.28 Å². The van der Waals surface area contributed by atoms with Gasteiger partial charge in [-0.2, -0.15) is 0 Å². The number of rotatable bonds is 2. The Bertz CT molecular complexity index is 1080. The van der Waals surface area contributed by atoms with E-state index < -0.39 is 0 Å². The number of hydrogen-bond donors (Lipinski definition) is 0. The Morgan fingerprint density at radius 1 is 1.00 bits per heavy atom. The van der Waals surface area contributed by atoms with Crippen LogP contribution in [0.1, 0.15) is 17.4 Å². The van der Waals surface area contributed by atoms with E-state index in [4.69, 9.17) is 26.3 Å². The molecule has 0 spiro atoms. The molecule has 4 aromatic rings. The molecular formula is C19H14ClN5O. The van der Waals surface area contributed by atoms with E-state index in [9.17, 15) is 0 Å². The van der Waals surface area contributed by atoms with Crippen LogP contribution in [0.2, 0.25) is 5.28 Å². The highest BCUT2D eigenvalue weighted by atomic mass is 35.5. The van der Waals surface area contributed by atoms with Crippen LogP contribution in [-0.4, -0.2) is 31.1 Å². The van der Waals surface area contributed by atoms with Crippen molar-refractivity contribution in [3.63, 3.8) is 0 Å². The highest BCUT2D eigenvalue weighted by molar-refractivity contribution is 6.28. The maximum atomic E-state index is 5.79. The van der Waals surface area contributed by atoms with Gasteiger partial charge in [-0.05, 0) is 29.3 Å². The largest absolute Gasteiger partial charge is 0.371 e. The fourth-order valence-corrected chi connectivity index (χ4v) is 3.41. The molecule has 1 unspecified atom stereocenters. The fourth-order valence-electron chi connectivity index (χ4n) is 3.31. The molecule has 0 saturated heterocycles. The zero-order valence-electron chi connectivity index (χ0n) is 13.7. The SMILES string of the molecule is Clc1ncc(-c2ccc3nc4n(c3n2)C(c2ccccc2)COC4)cn1. The van der Waals surface area contributed by atoms with Crippen LogP contribution in [0.5, 0.6) is 0 Å². The van der Waals surface area contributed by atoms with Gasteiger partial charge in [0.25, 0.3) is 0 Å². The quantitative estimate of drug-likeness (QED) is 0.508. The van der Waals surface area contributed by atoms with E-state index in [1.54, 1.807) is 12.4 Å². The van der Waals surface area contributed by atoms with Gasteiger partial charge in [0.05, 0.1) is 18.3 Å². The minimum Gasteiger partial charge on any atom is -0.371 e. The van der Waals surface area contributed by atoms with Crippen LogP contribution in [-0.2, 0) is 11.3 Å². The number of hydrogen-bond acceptors (Lipinski definition) is 5. The van der Waals surface area contributed by atoms with Gasteiger partial charge in [-0.15, -0.1) is 0 Å². The fraction of sp³-hybridized carbons (Fsp3) is 0.158. The molecule has 6 nitrogen and oxygen atoms in total. The number of benzene rings is 1. The Morgan fingerprint density at radius 3 is 2.62 bits per heavy atom. The van der Waals surface area contributed by atoms with E-state index in [0.29, 0.717) is 13.2 Å². The Labute approximate surface area is 154 Å². The first-order valence-electron chi connectivity index (χ1n) is 8.28. The molecule has 1 aliphatic rings. The average molecular weight is 364 g/mol. The third-order valence-corrected chi connectivity index (χ3v) is 4.72. The number of pyridine rings is 1. The summed E-state index contributed by atoms with van der Waals surface area (Å²) in [6, 6.07) is 14.2. The van der Waals surface area contributed by atoms with E-state index in [1.807, 2.05) is 30.3 Å². The summed E-state index contributed by atoms with van der Waals surface area (Å²) >= 11 is 5.79. The van der Waals surface area contributed by atoms with Gasteiger partial charge in [-0.3, -0.25) is 0 Å². The molecule has 0 amide bonds. The number of nitrogens with zero attached hydrogens (tertiary/aromatic N) is 5. The lowest BCUT2D eigenvalue weighted by molar-refractivity contribution is 0.0677. The number of aromatic nitrogens is 5. The van der Waals surface area contributed by atoms with Crippen molar-refractivity contribution < 1.29 is 4.74 Å². The third kappa shape index (κ3) is 2.55. The third-order valence-electron chi connectivity index (χ3n) is 4.53. The second-order valence-corrected chi connectivity index (χ2v) is 6.46. The first kappa shape index (κ1) is 15.4. The number of fused-ring (bicyclic) bond motifs is 3. The van der Waals surface area contributed by atoms with Crippen molar-refractivity contribution in [3.05, 3.63) is 71.5 Å². The zero-order valence-corrected chi connectivity index (χ0v) is 14.5. The van der Waals surface area contributed by atoms with Gasteiger partial charge in [0.15, 0.2) is 5.65 Å². The molecule has 0 aliphatic carbocycles. The number of halogens is 1. The summed E-state index contributed by atoms with van der Waals surface area (Å²) in [5, 5.41) is 0.220. The van der Waals surface area contributed by atoms with Gasteiger partial charge in [-0.25, -0.2) is 19.9 Å². The van der Waals surface area contributed by atoms with Crippen molar-refractivity contribution in [2.24, 2.45) is 0 Å². The van der Waals surface area contributed by atoms with Crippen LogP contribution >= 0.6 is 11.6 Å². The molecule has 7 heteroatoms. The molecule has 4 heterocycles. The summed E-state index contributed by atoms with van der Waals surface area (Å²) in [6.07, 6.45) is 3.35. The van der Waals surface area contributed by atoms with Crippen LogP contribution in [0.15, 0.2) is 54.9 Å². The molecule has 0 fully saturated rings. The van der Waals surface area contributed by atoms with Crippen LogP contribution in [0, 0.1) is 0 Å². The maximum absolute atomic E-state index is 5.79. The molecule has 5 rings (SSSR count). The lowest BCUT2D eigenvalue weighted by Crippen LogP contribution is -2.25.